The molecule has 0 fully saturated rings. The summed E-state index contributed by atoms with van der Waals surface area (Å²) in [7, 11) is 0.662. The van der Waals surface area contributed by atoms with Crippen molar-refractivity contribution >= 4 is 50.3 Å². The van der Waals surface area contributed by atoms with Crippen molar-refractivity contribution in [2.45, 2.75) is 0 Å². The average molecular weight is 407 g/mol. The Morgan fingerprint density at radius 1 is 0.762 bits per heavy atom. The summed E-state index contributed by atoms with van der Waals surface area (Å²) in [5.41, 5.74) is 0. The Morgan fingerprint density at radius 2 is 1.33 bits per heavy atom. The van der Waals surface area contributed by atoms with Crippen LogP contribution in [-0.4, -0.2) is 12.7 Å². The number of halogens is 2. The van der Waals surface area contributed by atoms with E-state index in [2.05, 4.69) is 48.6 Å². The van der Waals surface area contributed by atoms with Gasteiger partial charge >= 0.3 is 7.69 Å². The Hall–Kier alpha value is -1.30. The highest BCUT2D eigenvalue weighted by Gasteiger charge is 2.00. The minimum absolute atomic E-state index is 0.639. The maximum atomic E-state index is 8.17. The van der Waals surface area contributed by atoms with Crippen molar-refractivity contribution in [3.63, 3.8) is 0 Å². The van der Waals surface area contributed by atoms with Crippen LogP contribution in [0.4, 0.5) is 0 Å². The maximum Gasteiger partial charge on any atom is 0.569 e. The van der Waals surface area contributed by atoms with Crippen LogP contribution in [0.3, 0.4) is 0 Å². The van der Waals surface area contributed by atoms with Gasteiger partial charge in [0.15, 0.2) is 0 Å². The van der Waals surface area contributed by atoms with Gasteiger partial charge in [0.2, 0.25) is 0 Å². The summed E-state index contributed by atoms with van der Waals surface area (Å²) in [6, 6.07) is 21.4. The summed E-state index contributed by atoms with van der Waals surface area (Å²) in [5.74, 6) is 0.639. The molecule has 3 aromatic rings. The highest BCUT2D eigenvalue weighted by Crippen LogP contribution is 2.30. The first-order chi connectivity index (χ1) is 10.2. The third kappa shape index (κ3) is 4.59. The Balaban J connectivity index is 0.000000161. The molecular formula is C16H12BBr2O2. The standard InChI is InChI=1S/C10H6Br2.C6H6BO2/c11-8-5-1-3-7-4-2-6-9(12)10(7)8;8-7-9-6-4-2-1-3-5-6/h1-6H;1-5,8H. The lowest BCUT2D eigenvalue weighted by molar-refractivity contribution is 0.454. The molecule has 3 aromatic carbocycles. The van der Waals surface area contributed by atoms with Crippen LogP contribution in [0.15, 0.2) is 75.7 Å². The molecule has 5 heteroatoms. The molecular weight excluding hydrogens is 395 g/mol. The molecule has 0 aromatic heterocycles. The zero-order valence-electron chi connectivity index (χ0n) is 11.0. The molecule has 0 spiro atoms. The van der Waals surface area contributed by atoms with E-state index in [1.54, 1.807) is 12.1 Å². The molecule has 1 N–H and O–H groups in total. The number of hydrogen-bond acceptors (Lipinski definition) is 2. The number of rotatable bonds is 2. The number of hydrogen-bond donors (Lipinski definition) is 1. The first kappa shape index (κ1) is 16.1. The summed E-state index contributed by atoms with van der Waals surface area (Å²) in [5, 5.41) is 10.7. The predicted molar refractivity (Wildman–Crippen MR) is 94.4 cm³/mol. The van der Waals surface area contributed by atoms with Gasteiger partial charge in [-0.3, -0.25) is 0 Å². The van der Waals surface area contributed by atoms with Crippen molar-refractivity contribution in [2.24, 2.45) is 0 Å². The van der Waals surface area contributed by atoms with Crippen LogP contribution in [-0.2, 0) is 0 Å². The van der Waals surface area contributed by atoms with Crippen LogP contribution in [0, 0.1) is 0 Å². The van der Waals surface area contributed by atoms with E-state index in [9.17, 15) is 0 Å². The fraction of sp³-hybridized carbons (Fsp3) is 0. The van der Waals surface area contributed by atoms with E-state index in [1.807, 2.05) is 42.5 Å². The fourth-order valence-corrected chi connectivity index (χ4v) is 3.27. The molecule has 0 aliphatic carbocycles. The van der Waals surface area contributed by atoms with Gasteiger partial charge in [0.05, 0.1) is 5.75 Å². The van der Waals surface area contributed by atoms with Crippen LogP contribution in [0.5, 0.6) is 5.75 Å². The van der Waals surface area contributed by atoms with E-state index >= 15 is 0 Å². The van der Waals surface area contributed by atoms with E-state index < -0.39 is 0 Å². The molecule has 0 bridgehead atoms. The summed E-state index contributed by atoms with van der Waals surface area (Å²) in [4.78, 5) is 0. The Morgan fingerprint density at radius 3 is 1.81 bits per heavy atom. The molecule has 0 atom stereocenters. The lowest BCUT2D eigenvalue weighted by Gasteiger charge is -2.01. The lowest BCUT2D eigenvalue weighted by atomic mass is 10.1. The highest BCUT2D eigenvalue weighted by atomic mass is 79.9. The molecule has 3 rings (SSSR count). The molecule has 0 amide bonds. The quantitative estimate of drug-likeness (QED) is 0.610. The molecule has 0 heterocycles. The lowest BCUT2D eigenvalue weighted by Crippen LogP contribution is -1.98. The van der Waals surface area contributed by atoms with Crippen molar-refractivity contribution in [2.75, 3.05) is 0 Å². The van der Waals surface area contributed by atoms with Gasteiger partial charge in [-0.25, -0.2) is 0 Å². The van der Waals surface area contributed by atoms with Crippen LogP contribution in [0.1, 0.15) is 0 Å². The third-order valence-corrected chi connectivity index (χ3v) is 4.06. The summed E-state index contributed by atoms with van der Waals surface area (Å²) in [6.07, 6.45) is 0. The SMILES string of the molecule is Brc1cccc2cccc(Br)c12.O[B]Oc1ccccc1. The Kier molecular flexibility index (Phi) is 6.30. The second-order valence-corrected chi connectivity index (χ2v) is 5.82. The van der Waals surface area contributed by atoms with Crippen molar-refractivity contribution in [1.82, 2.24) is 0 Å². The zero-order chi connectivity index (χ0) is 15.1. The number of benzene rings is 3. The van der Waals surface area contributed by atoms with Crippen molar-refractivity contribution in [1.29, 1.82) is 0 Å². The molecule has 0 aliphatic heterocycles. The van der Waals surface area contributed by atoms with Gasteiger partial charge in [-0.1, -0.05) is 74.3 Å². The average Bonchev–Trinajstić information content (AvgIpc) is 2.50. The highest BCUT2D eigenvalue weighted by molar-refractivity contribution is 9.11. The Bertz CT molecular complexity index is 668. The molecule has 0 saturated carbocycles. The molecule has 1 radical (unpaired) electrons. The van der Waals surface area contributed by atoms with Gasteiger partial charge in [0.25, 0.3) is 0 Å². The monoisotopic (exact) mass is 405 g/mol. The topological polar surface area (TPSA) is 29.5 Å². The minimum atomic E-state index is 0.639. The van der Waals surface area contributed by atoms with Gasteiger partial charge in [0, 0.05) is 14.3 Å². The summed E-state index contributed by atoms with van der Waals surface area (Å²) in [6.45, 7) is 0. The van der Waals surface area contributed by atoms with Gasteiger partial charge < -0.3 is 9.68 Å². The van der Waals surface area contributed by atoms with E-state index in [0.717, 1.165) is 8.95 Å². The summed E-state index contributed by atoms with van der Waals surface area (Å²) < 4.78 is 6.90. The zero-order valence-corrected chi connectivity index (χ0v) is 14.2. The normalized spacial score (nSPS) is 9.67. The Labute approximate surface area is 141 Å². The first-order valence-corrected chi connectivity index (χ1v) is 7.81. The first-order valence-electron chi connectivity index (χ1n) is 6.22. The molecule has 0 aliphatic rings. The predicted octanol–water partition coefficient (Wildman–Crippen LogP) is 4.96. The second kappa shape index (κ2) is 8.22. The third-order valence-electron chi connectivity index (χ3n) is 2.73. The molecule has 0 saturated heterocycles. The van der Waals surface area contributed by atoms with E-state index in [4.69, 9.17) is 5.02 Å². The fourth-order valence-electron chi connectivity index (χ4n) is 1.81. The summed E-state index contributed by atoms with van der Waals surface area (Å²) >= 11 is 7.04. The molecule has 21 heavy (non-hydrogen) atoms. The van der Waals surface area contributed by atoms with Crippen molar-refractivity contribution in [3.8, 4) is 5.75 Å². The smallest absolute Gasteiger partial charge is 0.537 e. The van der Waals surface area contributed by atoms with Gasteiger partial charge in [-0.2, -0.15) is 0 Å². The van der Waals surface area contributed by atoms with Gasteiger partial charge in [0.1, 0.15) is 0 Å². The molecule has 105 valence electrons. The van der Waals surface area contributed by atoms with Crippen LogP contribution >= 0.6 is 31.9 Å². The van der Waals surface area contributed by atoms with Crippen molar-refractivity contribution in [3.05, 3.63) is 75.7 Å². The minimum Gasteiger partial charge on any atom is -0.537 e. The molecule has 2 nitrogen and oxygen atoms in total. The van der Waals surface area contributed by atoms with Crippen molar-refractivity contribution < 1.29 is 9.68 Å². The largest absolute Gasteiger partial charge is 0.569 e. The molecule has 0 unspecified atom stereocenters. The van der Waals surface area contributed by atoms with Gasteiger partial charge in [-0.15, -0.1) is 0 Å². The van der Waals surface area contributed by atoms with E-state index in [-0.39, 0.29) is 0 Å². The van der Waals surface area contributed by atoms with E-state index in [0.29, 0.717) is 13.4 Å². The number of para-hydroxylation sites is 1. The number of fused-ring (bicyclic) bond motifs is 1. The second-order valence-electron chi connectivity index (χ2n) is 4.11. The van der Waals surface area contributed by atoms with Crippen LogP contribution in [0.25, 0.3) is 10.8 Å². The van der Waals surface area contributed by atoms with Crippen LogP contribution < -0.4 is 4.65 Å². The van der Waals surface area contributed by atoms with Crippen LogP contribution in [0.2, 0.25) is 0 Å². The maximum absolute atomic E-state index is 8.17. The van der Waals surface area contributed by atoms with Gasteiger partial charge in [-0.05, 0) is 29.7 Å². The van der Waals surface area contributed by atoms with E-state index in [1.165, 1.54) is 10.8 Å².